The Morgan fingerprint density at radius 1 is 0.769 bits per heavy atom. The van der Waals surface area contributed by atoms with Gasteiger partial charge < -0.3 is 0 Å². The third kappa shape index (κ3) is 1.86. The molecule has 6 heteroatoms. The summed E-state index contributed by atoms with van der Waals surface area (Å²) in [7, 11) is 0. The molecule has 3 aliphatic heterocycles. The van der Waals surface area contributed by atoms with E-state index in [1.807, 2.05) is 70.6 Å². The van der Waals surface area contributed by atoms with Gasteiger partial charge in [0, 0.05) is 5.08 Å². The SMILES string of the molecule is C1=CSC(=C2SC3=C(SCS3)S2)S1. The maximum Gasteiger partial charge on any atom is 0.0717 e. The van der Waals surface area contributed by atoms with Crippen LogP contribution in [0.3, 0.4) is 0 Å². The van der Waals surface area contributed by atoms with E-state index in [0.717, 1.165) is 0 Å². The Morgan fingerprint density at radius 3 is 2.00 bits per heavy atom. The Labute approximate surface area is 103 Å². The van der Waals surface area contributed by atoms with E-state index in [0.29, 0.717) is 0 Å². The fourth-order valence-electron chi connectivity index (χ4n) is 0.972. The second-order valence-electron chi connectivity index (χ2n) is 2.27. The fourth-order valence-corrected chi connectivity index (χ4v) is 9.51. The highest BCUT2D eigenvalue weighted by Gasteiger charge is 2.29. The van der Waals surface area contributed by atoms with Gasteiger partial charge in [0.1, 0.15) is 0 Å². The molecule has 3 rings (SSSR count). The summed E-state index contributed by atoms with van der Waals surface area (Å²) >= 11 is 11.6. The van der Waals surface area contributed by atoms with Crippen molar-refractivity contribution in [3.05, 3.63) is 27.8 Å². The van der Waals surface area contributed by atoms with Gasteiger partial charge in [-0.3, -0.25) is 0 Å². The third-order valence-corrected chi connectivity index (χ3v) is 9.79. The predicted octanol–water partition coefficient (Wildman–Crippen LogP) is 5.11. The molecule has 0 fully saturated rings. The monoisotopic (exact) mass is 280 g/mol. The first-order valence-corrected chi connectivity index (χ1v) is 8.88. The molecule has 13 heavy (non-hydrogen) atoms. The van der Waals surface area contributed by atoms with Gasteiger partial charge in [-0.25, -0.2) is 0 Å². The van der Waals surface area contributed by atoms with Crippen molar-refractivity contribution < 1.29 is 0 Å². The molecule has 0 spiro atoms. The number of hydrogen-bond donors (Lipinski definition) is 0. The average molecular weight is 281 g/mol. The highest BCUT2D eigenvalue weighted by atomic mass is 32.3. The molecule has 68 valence electrons. The van der Waals surface area contributed by atoms with Crippen LogP contribution in [0.1, 0.15) is 0 Å². The molecule has 0 radical (unpaired) electrons. The number of rotatable bonds is 0. The van der Waals surface area contributed by atoms with Crippen LogP contribution in [0.5, 0.6) is 0 Å². The number of hydrogen-bond acceptors (Lipinski definition) is 6. The van der Waals surface area contributed by atoms with Crippen molar-refractivity contribution >= 4 is 70.6 Å². The van der Waals surface area contributed by atoms with Gasteiger partial charge in [0.25, 0.3) is 0 Å². The minimum absolute atomic E-state index is 1.21. The van der Waals surface area contributed by atoms with Crippen LogP contribution in [0.2, 0.25) is 0 Å². The van der Waals surface area contributed by atoms with E-state index >= 15 is 0 Å². The summed E-state index contributed by atoms with van der Waals surface area (Å²) in [5.41, 5.74) is 0. The molecular weight excluding hydrogens is 276 g/mol. The second-order valence-corrected chi connectivity index (χ2v) is 9.51. The Hall–Kier alpha value is 1.32. The van der Waals surface area contributed by atoms with Crippen LogP contribution < -0.4 is 0 Å². The van der Waals surface area contributed by atoms with Crippen LogP contribution in [0.4, 0.5) is 0 Å². The van der Waals surface area contributed by atoms with Gasteiger partial charge >= 0.3 is 0 Å². The lowest BCUT2D eigenvalue weighted by Gasteiger charge is -2.02. The maximum absolute atomic E-state index is 2.16. The van der Waals surface area contributed by atoms with Crippen molar-refractivity contribution in [3.8, 4) is 0 Å². The van der Waals surface area contributed by atoms with Crippen LogP contribution in [0.15, 0.2) is 27.8 Å². The van der Waals surface area contributed by atoms with E-state index in [-0.39, 0.29) is 0 Å². The standard InChI is InChI=1S/C7H4S6/c1-2-9-4(8-1)7-12-5-6(13-7)11-3-10-5/h1-2H,3H2. The first kappa shape index (κ1) is 9.54. The molecule has 0 saturated heterocycles. The van der Waals surface area contributed by atoms with Crippen LogP contribution in [0, 0.1) is 0 Å². The Balaban J connectivity index is 1.82. The lowest BCUT2D eigenvalue weighted by atomic mass is 11.2. The van der Waals surface area contributed by atoms with E-state index in [4.69, 9.17) is 0 Å². The van der Waals surface area contributed by atoms with E-state index in [1.54, 1.807) is 0 Å². The molecule has 0 saturated carbocycles. The summed E-state index contributed by atoms with van der Waals surface area (Å²) in [5.74, 6) is 0. The molecule has 0 N–H and O–H groups in total. The summed E-state index contributed by atoms with van der Waals surface area (Å²) in [6, 6.07) is 0. The Bertz CT molecular complexity index is 311. The summed E-state index contributed by atoms with van der Waals surface area (Å²) in [4.78, 5) is 0. The average Bonchev–Trinajstić information content (AvgIpc) is 2.78. The molecule has 3 aliphatic rings. The van der Waals surface area contributed by atoms with Crippen molar-refractivity contribution in [1.29, 1.82) is 0 Å². The topological polar surface area (TPSA) is 0 Å². The molecule has 0 aromatic heterocycles. The van der Waals surface area contributed by atoms with Crippen LogP contribution in [0.25, 0.3) is 0 Å². The lowest BCUT2D eigenvalue weighted by molar-refractivity contribution is 2.31. The highest BCUT2D eigenvalue weighted by molar-refractivity contribution is 8.46. The van der Waals surface area contributed by atoms with Crippen molar-refractivity contribution in [3.63, 3.8) is 0 Å². The zero-order valence-electron chi connectivity index (χ0n) is 6.31. The summed E-state index contributed by atoms with van der Waals surface area (Å²) < 4.78 is 6.02. The van der Waals surface area contributed by atoms with Gasteiger partial charge in [0.15, 0.2) is 0 Å². The molecule has 0 bridgehead atoms. The van der Waals surface area contributed by atoms with Crippen molar-refractivity contribution in [2.24, 2.45) is 0 Å². The van der Waals surface area contributed by atoms with Gasteiger partial charge in [0.05, 0.1) is 16.9 Å². The van der Waals surface area contributed by atoms with E-state index in [9.17, 15) is 0 Å². The summed E-state index contributed by atoms with van der Waals surface area (Å²) in [5, 5.41) is 5.54. The van der Waals surface area contributed by atoms with Crippen molar-refractivity contribution in [1.82, 2.24) is 0 Å². The van der Waals surface area contributed by atoms with Gasteiger partial charge in [-0.1, -0.05) is 47.0 Å². The predicted molar refractivity (Wildman–Crippen MR) is 73.6 cm³/mol. The molecule has 0 aromatic carbocycles. The fraction of sp³-hybridized carbons (Fsp3) is 0.143. The molecule has 0 unspecified atom stereocenters. The third-order valence-electron chi connectivity index (χ3n) is 1.49. The molecule has 0 aromatic rings. The van der Waals surface area contributed by atoms with E-state index in [2.05, 4.69) is 10.8 Å². The molecule has 0 amide bonds. The maximum atomic E-state index is 2.16. The van der Waals surface area contributed by atoms with Crippen LogP contribution >= 0.6 is 70.6 Å². The molecule has 0 aliphatic carbocycles. The van der Waals surface area contributed by atoms with Crippen LogP contribution in [-0.2, 0) is 0 Å². The van der Waals surface area contributed by atoms with Crippen LogP contribution in [-0.4, -0.2) is 5.08 Å². The Kier molecular flexibility index (Phi) is 2.98. The summed E-state index contributed by atoms with van der Waals surface area (Å²) in [6.45, 7) is 0. The first-order chi connectivity index (χ1) is 6.43. The zero-order valence-corrected chi connectivity index (χ0v) is 11.2. The smallest absolute Gasteiger partial charge is 0.0717 e. The second kappa shape index (κ2) is 4.06. The zero-order chi connectivity index (χ0) is 8.67. The highest BCUT2D eigenvalue weighted by Crippen LogP contribution is 2.65. The molecule has 0 nitrogen and oxygen atoms in total. The van der Waals surface area contributed by atoms with E-state index < -0.39 is 0 Å². The molecule has 3 heterocycles. The normalized spacial score (nSPS) is 26.5. The first-order valence-electron chi connectivity index (χ1n) is 3.52. The van der Waals surface area contributed by atoms with E-state index in [1.165, 1.54) is 22.0 Å². The van der Waals surface area contributed by atoms with Crippen molar-refractivity contribution in [2.45, 2.75) is 0 Å². The lowest BCUT2D eigenvalue weighted by Crippen LogP contribution is -1.68. The van der Waals surface area contributed by atoms with Crippen molar-refractivity contribution in [2.75, 3.05) is 5.08 Å². The number of thioether (sulfide) groups is 6. The minimum Gasteiger partial charge on any atom is -0.106 e. The molecular formula is C7H4S6. The minimum atomic E-state index is 1.21. The quantitative estimate of drug-likeness (QED) is 0.600. The van der Waals surface area contributed by atoms with Gasteiger partial charge in [-0.2, -0.15) is 0 Å². The summed E-state index contributed by atoms with van der Waals surface area (Å²) in [6.07, 6.45) is 0. The van der Waals surface area contributed by atoms with Gasteiger partial charge in [-0.15, -0.1) is 23.5 Å². The van der Waals surface area contributed by atoms with Gasteiger partial charge in [0.2, 0.25) is 0 Å². The molecule has 0 atom stereocenters. The Morgan fingerprint density at radius 2 is 1.38 bits per heavy atom. The largest absolute Gasteiger partial charge is 0.106 e. The van der Waals surface area contributed by atoms with Gasteiger partial charge in [-0.05, 0) is 10.8 Å².